The summed E-state index contributed by atoms with van der Waals surface area (Å²) in [6.45, 7) is 0. The Labute approximate surface area is 113 Å². The number of aromatic amines is 1. The number of hydrogen-bond acceptors (Lipinski definition) is 3. The van der Waals surface area contributed by atoms with Crippen molar-refractivity contribution in [3.8, 4) is 5.88 Å². The summed E-state index contributed by atoms with van der Waals surface area (Å²) in [4.78, 5) is 14.6. The average Bonchev–Trinajstić information content (AvgIpc) is 2.85. The number of fused-ring (bicyclic) bond motifs is 1. The van der Waals surface area contributed by atoms with Gasteiger partial charge in [0, 0.05) is 17.5 Å². The van der Waals surface area contributed by atoms with Gasteiger partial charge in [0.1, 0.15) is 5.65 Å². The summed E-state index contributed by atoms with van der Waals surface area (Å²) >= 11 is 5.81. The van der Waals surface area contributed by atoms with Crippen molar-refractivity contribution in [2.24, 2.45) is 0 Å². The number of rotatable bonds is 2. The van der Waals surface area contributed by atoms with Crippen molar-refractivity contribution >= 4 is 17.2 Å². The van der Waals surface area contributed by atoms with Crippen molar-refractivity contribution in [1.82, 2.24) is 14.6 Å². The molecule has 2 aromatic heterocycles. The molecule has 0 amide bonds. The molecule has 0 aliphatic rings. The Morgan fingerprint density at radius 1 is 1.26 bits per heavy atom. The molecule has 6 heteroatoms. The van der Waals surface area contributed by atoms with Gasteiger partial charge in [0.25, 0.3) is 5.56 Å². The molecule has 96 valence electrons. The van der Waals surface area contributed by atoms with Gasteiger partial charge >= 0.3 is 0 Å². The van der Waals surface area contributed by atoms with E-state index in [1.807, 2.05) is 12.1 Å². The van der Waals surface area contributed by atoms with Gasteiger partial charge in [-0.15, -0.1) is 0 Å². The van der Waals surface area contributed by atoms with Crippen LogP contribution in [0.15, 0.2) is 41.3 Å². The smallest absolute Gasteiger partial charge is 0.258 e. The molecule has 0 aliphatic carbocycles. The van der Waals surface area contributed by atoms with Gasteiger partial charge in [-0.2, -0.15) is 9.61 Å². The molecule has 0 aliphatic heterocycles. The maximum absolute atomic E-state index is 11.9. The fraction of sp³-hybridized carbons (Fsp3) is 0.0769. The van der Waals surface area contributed by atoms with Crippen molar-refractivity contribution in [2.45, 2.75) is 6.42 Å². The van der Waals surface area contributed by atoms with Crippen LogP contribution in [-0.2, 0) is 6.42 Å². The number of nitrogens with one attached hydrogen (secondary N) is 1. The lowest BCUT2D eigenvalue weighted by Gasteiger charge is -2.05. The Balaban J connectivity index is 2.09. The predicted molar refractivity (Wildman–Crippen MR) is 71.7 cm³/mol. The first-order valence-electron chi connectivity index (χ1n) is 5.67. The molecule has 19 heavy (non-hydrogen) atoms. The third-order valence-electron chi connectivity index (χ3n) is 2.92. The highest BCUT2D eigenvalue weighted by atomic mass is 35.5. The van der Waals surface area contributed by atoms with E-state index in [1.54, 1.807) is 18.2 Å². The number of nitrogens with zero attached hydrogens (tertiary/aromatic N) is 2. The Morgan fingerprint density at radius 3 is 2.74 bits per heavy atom. The summed E-state index contributed by atoms with van der Waals surface area (Å²) in [5.74, 6) is -0.140. The second kappa shape index (κ2) is 4.44. The SMILES string of the molecule is O=c1[nH]c2ccnn2c(O)c1Cc1ccc(Cl)cc1. The lowest BCUT2D eigenvalue weighted by atomic mass is 10.1. The van der Waals surface area contributed by atoms with E-state index >= 15 is 0 Å². The first-order valence-corrected chi connectivity index (χ1v) is 6.05. The number of H-pyrrole nitrogens is 1. The van der Waals surface area contributed by atoms with Crippen LogP contribution in [0, 0.1) is 0 Å². The van der Waals surface area contributed by atoms with Crippen LogP contribution in [0.2, 0.25) is 5.02 Å². The van der Waals surface area contributed by atoms with Crippen molar-refractivity contribution in [3.05, 3.63) is 63.0 Å². The Morgan fingerprint density at radius 2 is 2.00 bits per heavy atom. The summed E-state index contributed by atoms with van der Waals surface area (Å²) in [7, 11) is 0. The molecule has 0 bridgehead atoms. The highest BCUT2D eigenvalue weighted by Crippen LogP contribution is 2.18. The van der Waals surface area contributed by atoms with E-state index in [4.69, 9.17) is 11.6 Å². The van der Waals surface area contributed by atoms with Crippen LogP contribution in [0.5, 0.6) is 5.88 Å². The van der Waals surface area contributed by atoms with Crippen LogP contribution in [0.4, 0.5) is 0 Å². The molecule has 3 aromatic rings. The van der Waals surface area contributed by atoms with Gasteiger partial charge in [-0.25, -0.2) is 0 Å². The van der Waals surface area contributed by atoms with E-state index in [1.165, 1.54) is 10.7 Å². The van der Waals surface area contributed by atoms with Crippen LogP contribution >= 0.6 is 11.6 Å². The fourth-order valence-electron chi connectivity index (χ4n) is 1.95. The monoisotopic (exact) mass is 275 g/mol. The van der Waals surface area contributed by atoms with Gasteiger partial charge < -0.3 is 10.1 Å². The molecule has 0 radical (unpaired) electrons. The molecule has 2 heterocycles. The highest BCUT2D eigenvalue weighted by molar-refractivity contribution is 6.30. The number of hydrogen-bond donors (Lipinski definition) is 2. The van der Waals surface area contributed by atoms with Crippen LogP contribution in [0.25, 0.3) is 5.65 Å². The van der Waals surface area contributed by atoms with Gasteiger partial charge in [0.05, 0.1) is 11.8 Å². The van der Waals surface area contributed by atoms with Crippen molar-refractivity contribution in [2.75, 3.05) is 0 Å². The lowest BCUT2D eigenvalue weighted by Crippen LogP contribution is -2.16. The van der Waals surface area contributed by atoms with Gasteiger partial charge in [-0.05, 0) is 17.7 Å². The Kier molecular flexibility index (Phi) is 2.76. The van der Waals surface area contributed by atoms with E-state index in [0.29, 0.717) is 17.1 Å². The number of halogens is 1. The standard InChI is InChI=1S/C13H10ClN3O2/c14-9-3-1-8(2-4-9)7-10-12(18)16-11-5-6-15-17(11)13(10)19/h1-6,19H,7H2,(H,16,18). The zero-order valence-corrected chi connectivity index (χ0v) is 10.6. The predicted octanol–water partition coefficient (Wildman–Crippen LogP) is 1.97. The molecule has 3 rings (SSSR count). The van der Waals surface area contributed by atoms with E-state index < -0.39 is 0 Å². The normalized spacial score (nSPS) is 11.0. The molecule has 0 atom stereocenters. The first-order chi connectivity index (χ1) is 9.15. The Bertz CT molecular complexity index is 790. The number of aromatic nitrogens is 3. The molecule has 2 N–H and O–H groups in total. The van der Waals surface area contributed by atoms with Gasteiger partial charge in [-0.1, -0.05) is 23.7 Å². The minimum Gasteiger partial charge on any atom is -0.493 e. The van der Waals surface area contributed by atoms with E-state index in [2.05, 4.69) is 10.1 Å². The zero-order chi connectivity index (χ0) is 13.4. The topological polar surface area (TPSA) is 70.4 Å². The quantitative estimate of drug-likeness (QED) is 0.751. The van der Waals surface area contributed by atoms with Crippen molar-refractivity contribution < 1.29 is 5.11 Å². The average molecular weight is 276 g/mol. The summed E-state index contributed by atoms with van der Waals surface area (Å²) in [5.41, 5.74) is 1.30. The Hall–Kier alpha value is -2.27. The van der Waals surface area contributed by atoms with Gasteiger partial charge in [-0.3, -0.25) is 4.79 Å². The molecule has 0 saturated heterocycles. The van der Waals surface area contributed by atoms with Gasteiger partial charge in [0.2, 0.25) is 5.88 Å². The van der Waals surface area contributed by atoms with Crippen LogP contribution in [-0.4, -0.2) is 19.7 Å². The van der Waals surface area contributed by atoms with E-state index in [-0.39, 0.29) is 17.0 Å². The largest absolute Gasteiger partial charge is 0.493 e. The van der Waals surface area contributed by atoms with Crippen LogP contribution < -0.4 is 5.56 Å². The molecule has 0 spiro atoms. The molecule has 0 fully saturated rings. The molecule has 0 unspecified atom stereocenters. The highest BCUT2D eigenvalue weighted by Gasteiger charge is 2.12. The molecule has 1 aromatic carbocycles. The van der Waals surface area contributed by atoms with Crippen molar-refractivity contribution in [3.63, 3.8) is 0 Å². The molecule has 5 nitrogen and oxygen atoms in total. The zero-order valence-electron chi connectivity index (χ0n) is 9.80. The molecular formula is C13H10ClN3O2. The summed E-state index contributed by atoms with van der Waals surface area (Å²) in [6, 6.07) is 8.74. The van der Waals surface area contributed by atoms with Crippen molar-refractivity contribution in [1.29, 1.82) is 0 Å². The van der Waals surface area contributed by atoms with E-state index in [9.17, 15) is 9.90 Å². The lowest BCUT2D eigenvalue weighted by molar-refractivity contribution is 0.428. The number of benzene rings is 1. The summed E-state index contributed by atoms with van der Waals surface area (Å²) in [6.07, 6.45) is 1.82. The van der Waals surface area contributed by atoms with Gasteiger partial charge in [0.15, 0.2) is 0 Å². The third kappa shape index (κ3) is 2.08. The molecule has 0 saturated carbocycles. The fourth-order valence-corrected chi connectivity index (χ4v) is 2.08. The second-order valence-electron chi connectivity index (χ2n) is 4.19. The number of aromatic hydroxyl groups is 1. The summed E-state index contributed by atoms with van der Waals surface area (Å²) in [5, 5.41) is 14.7. The maximum atomic E-state index is 11.9. The third-order valence-corrected chi connectivity index (χ3v) is 3.18. The minimum absolute atomic E-state index is 0.140. The van der Waals surface area contributed by atoms with E-state index in [0.717, 1.165) is 5.56 Å². The minimum atomic E-state index is -0.319. The summed E-state index contributed by atoms with van der Waals surface area (Å²) < 4.78 is 1.30. The van der Waals surface area contributed by atoms with Crippen LogP contribution in [0.3, 0.4) is 0 Å². The maximum Gasteiger partial charge on any atom is 0.258 e. The second-order valence-corrected chi connectivity index (χ2v) is 4.62. The van der Waals surface area contributed by atoms with Crippen LogP contribution in [0.1, 0.15) is 11.1 Å². The molecular weight excluding hydrogens is 266 g/mol. The first kappa shape index (κ1) is 11.8.